The first-order valence-electron chi connectivity index (χ1n) is 8.06. The summed E-state index contributed by atoms with van der Waals surface area (Å²) in [5.41, 5.74) is 1.62. The van der Waals surface area contributed by atoms with E-state index in [4.69, 9.17) is 21.1 Å². The molecule has 0 unspecified atom stereocenters. The van der Waals surface area contributed by atoms with Gasteiger partial charge >= 0.3 is 5.97 Å². The number of hydrogen-bond donors (Lipinski definition) is 0. The van der Waals surface area contributed by atoms with E-state index in [2.05, 4.69) is 28.1 Å². The fourth-order valence-corrected chi connectivity index (χ4v) is 3.02. The van der Waals surface area contributed by atoms with Gasteiger partial charge in [0.1, 0.15) is 11.5 Å². The second kappa shape index (κ2) is 8.88. The molecule has 26 heavy (non-hydrogen) atoms. The molecule has 0 saturated carbocycles. The maximum atomic E-state index is 12.3. The number of ether oxygens (including phenoxy) is 2. The molecule has 5 heteroatoms. The largest absolute Gasteiger partial charge is 0.492 e. The number of carbonyl (C=O) groups excluding carboxylic acids is 1. The first-order valence-corrected chi connectivity index (χ1v) is 9.23. The van der Waals surface area contributed by atoms with Gasteiger partial charge in [0.2, 0.25) is 0 Å². The highest BCUT2D eigenvalue weighted by molar-refractivity contribution is 9.10. The van der Waals surface area contributed by atoms with Crippen molar-refractivity contribution in [3.8, 4) is 11.5 Å². The van der Waals surface area contributed by atoms with Crippen LogP contribution in [0.15, 0.2) is 77.3 Å². The molecule has 0 fully saturated rings. The van der Waals surface area contributed by atoms with Crippen LogP contribution in [0.2, 0.25) is 5.02 Å². The monoisotopic (exact) mass is 430 g/mol. The molecule has 0 bridgehead atoms. The first kappa shape index (κ1) is 18.5. The van der Waals surface area contributed by atoms with Gasteiger partial charge in [-0.05, 0) is 51.8 Å². The van der Waals surface area contributed by atoms with E-state index in [0.717, 1.165) is 6.42 Å². The molecule has 0 aliphatic rings. The van der Waals surface area contributed by atoms with Crippen LogP contribution in [0.5, 0.6) is 11.5 Å². The lowest BCUT2D eigenvalue weighted by atomic mass is 10.2. The molecule has 0 aromatic heterocycles. The molecule has 0 atom stereocenters. The van der Waals surface area contributed by atoms with Gasteiger partial charge in [-0.2, -0.15) is 0 Å². The number of carbonyl (C=O) groups is 1. The van der Waals surface area contributed by atoms with Gasteiger partial charge in [0.05, 0.1) is 21.7 Å². The van der Waals surface area contributed by atoms with Crippen LogP contribution < -0.4 is 9.47 Å². The van der Waals surface area contributed by atoms with Crippen molar-refractivity contribution in [1.82, 2.24) is 0 Å². The summed E-state index contributed by atoms with van der Waals surface area (Å²) < 4.78 is 11.8. The quantitative estimate of drug-likeness (QED) is 0.358. The molecular formula is C21H16BrClO3. The van der Waals surface area contributed by atoms with Crippen molar-refractivity contribution in [1.29, 1.82) is 0 Å². The molecule has 0 N–H and O–H groups in total. The van der Waals surface area contributed by atoms with Crippen LogP contribution in [0.25, 0.3) is 0 Å². The van der Waals surface area contributed by atoms with Gasteiger partial charge in [0.15, 0.2) is 0 Å². The molecule has 0 heterocycles. The Hall–Kier alpha value is -2.30. The van der Waals surface area contributed by atoms with Gasteiger partial charge in [-0.3, -0.25) is 0 Å². The van der Waals surface area contributed by atoms with Crippen LogP contribution in [0.1, 0.15) is 15.9 Å². The fraction of sp³-hybridized carbons (Fsp3) is 0.0952. The van der Waals surface area contributed by atoms with Crippen molar-refractivity contribution in [2.75, 3.05) is 6.61 Å². The van der Waals surface area contributed by atoms with E-state index in [0.29, 0.717) is 33.2 Å². The Morgan fingerprint density at radius 2 is 1.65 bits per heavy atom. The highest BCUT2D eigenvalue weighted by Crippen LogP contribution is 2.28. The zero-order valence-electron chi connectivity index (χ0n) is 13.8. The van der Waals surface area contributed by atoms with Gasteiger partial charge in [-0.15, -0.1) is 0 Å². The highest BCUT2D eigenvalue weighted by atomic mass is 79.9. The topological polar surface area (TPSA) is 35.5 Å². The molecular weight excluding hydrogens is 416 g/mol. The van der Waals surface area contributed by atoms with Gasteiger partial charge in [-0.1, -0.05) is 54.1 Å². The zero-order chi connectivity index (χ0) is 18.4. The van der Waals surface area contributed by atoms with E-state index < -0.39 is 5.97 Å². The molecule has 0 spiro atoms. The molecule has 0 radical (unpaired) electrons. The molecule has 0 saturated heterocycles. The van der Waals surface area contributed by atoms with Gasteiger partial charge in [0.25, 0.3) is 0 Å². The molecule has 0 aliphatic heterocycles. The van der Waals surface area contributed by atoms with Crippen LogP contribution in [0, 0.1) is 0 Å². The van der Waals surface area contributed by atoms with E-state index >= 15 is 0 Å². The van der Waals surface area contributed by atoms with E-state index in [1.165, 1.54) is 5.56 Å². The average Bonchev–Trinajstić information content (AvgIpc) is 2.65. The minimum Gasteiger partial charge on any atom is -0.492 e. The third-order valence-electron chi connectivity index (χ3n) is 3.70. The smallest absolute Gasteiger partial charge is 0.343 e. The number of rotatable bonds is 6. The van der Waals surface area contributed by atoms with Gasteiger partial charge < -0.3 is 9.47 Å². The Bertz CT molecular complexity index is 897. The molecule has 3 rings (SSSR count). The Labute approximate surface area is 165 Å². The van der Waals surface area contributed by atoms with Crippen molar-refractivity contribution in [3.05, 3.63) is 93.4 Å². The predicted octanol–water partition coefficient (Wildman–Crippen LogP) is 5.94. The number of hydrogen-bond acceptors (Lipinski definition) is 3. The lowest BCUT2D eigenvalue weighted by molar-refractivity contribution is 0.0734. The second-order valence-electron chi connectivity index (χ2n) is 5.55. The zero-order valence-corrected chi connectivity index (χ0v) is 16.2. The molecule has 0 aliphatic carbocycles. The molecule has 3 nitrogen and oxygen atoms in total. The van der Waals surface area contributed by atoms with Gasteiger partial charge in [-0.25, -0.2) is 4.79 Å². The minimum atomic E-state index is -0.477. The van der Waals surface area contributed by atoms with Crippen LogP contribution in [-0.2, 0) is 6.42 Å². The summed E-state index contributed by atoms with van der Waals surface area (Å²) in [4.78, 5) is 12.3. The third-order valence-corrected chi connectivity index (χ3v) is 4.63. The number of halogens is 2. The minimum absolute atomic E-state index is 0.332. The summed E-state index contributed by atoms with van der Waals surface area (Å²) >= 11 is 9.46. The fourth-order valence-electron chi connectivity index (χ4n) is 2.35. The lowest BCUT2D eigenvalue weighted by Gasteiger charge is -2.10. The van der Waals surface area contributed by atoms with Crippen LogP contribution in [0.3, 0.4) is 0 Å². The maximum Gasteiger partial charge on any atom is 0.343 e. The van der Waals surface area contributed by atoms with Crippen LogP contribution in [-0.4, -0.2) is 12.6 Å². The second-order valence-corrected chi connectivity index (χ2v) is 6.81. The summed E-state index contributed by atoms with van der Waals surface area (Å²) in [6.07, 6.45) is 0.809. The van der Waals surface area contributed by atoms with Crippen molar-refractivity contribution in [2.24, 2.45) is 0 Å². The first-order chi connectivity index (χ1) is 12.6. The van der Waals surface area contributed by atoms with Crippen molar-refractivity contribution in [3.63, 3.8) is 0 Å². The van der Waals surface area contributed by atoms with Crippen molar-refractivity contribution < 1.29 is 14.3 Å². The van der Waals surface area contributed by atoms with E-state index in [1.807, 2.05) is 18.2 Å². The molecule has 3 aromatic rings. The molecule has 0 amide bonds. The standard InChI is InChI=1S/C21H16BrClO3/c22-17-14-16(21(24)26-20-9-5-4-8-18(20)23)10-11-19(17)25-13-12-15-6-2-1-3-7-15/h1-11,14H,12-13H2. The van der Waals surface area contributed by atoms with Crippen LogP contribution in [0.4, 0.5) is 0 Å². The number of benzene rings is 3. The van der Waals surface area contributed by atoms with E-state index in [1.54, 1.807) is 42.5 Å². The van der Waals surface area contributed by atoms with Gasteiger partial charge in [0, 0.05) is 6.42 Å². The van der Waals surface area contributed by atoms with Crippen molar-refractivity contribution >= 4 is 33.5 Å². The van der Waals surface area contributed by atoms with E-state index in [-0.39, 0.29) is 0 Å². The SMILES string of the molecule is O=C(Oc1ccccc1Cl)c1ccc(OCCc2ccccc2)c(Br)c1. The Balaban J connectivity index is 1.61. The Kier molecular flexibility index (Phi) is 6.31. The number of esters is 1. The Morgan fingerprint density at radius 3 is 2.38 bits per heavy atom. The summed E-state index contributed by atoms with van der Waals surface area (Å²) in [6, 6.07) is 22.1. The number of para-hydroxylation sites is 1. The lowest BCUT2D eigenvalue weighted by Crippen LogP contribution is -2.09. The molecule has 3 aromatic carbocycles. The Morgan fingerprint density at radius 1 is 0.923 bits per heavy atom. The van der Waals surface area contributed by atoms with E-state index in [9.17, 15) is 4.79 Å². The third kappa shape index (κ3) is 4.87. The van der Waals surface area contributed by atoms with Crippen LogP contribution >= 0.6 is 27.5 Å². The summed E-state index contributed by atoms with van der Waals surface area (Å²) in [7, 11) is 0. The predicted molar refractivity (Wildman–Crippen MR) is 106 cm³/mol. The van der Waals surface area contributed by atoms with Crippen molar-refractivity contribution in [2.45, 2.75) is 6.42 Å². The average molecular weight is 432 g/mol. The summed E-state index contributed by atoms with van der Waals surface area (Å²) in [5, 5.41) is 0.390. The summed E-state index contributed by atoms with van der Waals surface area (Å²) in [6.45, 7) is 0.548. The molecule has 132 valence electrons. The maximum absolute atomic E-state index is 12.3. The normalized spacial score (nSPS) is 10.4. The summed E-state index contributed by atoms with van der Waals surface area (Å²) in [5.74, 6) is 0.531. The highest BCUT2D eigenvalue weighted by Gasteiger charge is 2.13.